The van der Waals surface area contributed by atoms with Crippen LogP contribution in [0.4, 0.5) is 5.69 Å². The number of benzene rings is 2. The molecule has 2 aromatic rings. The van der Waals surface area contributed by atoms with Crippen molar-refractivity contribution in [1.29, 1.82) is 0 Å². The maximum absolute atomic E-state index is 12.7. The van der Waals surface area contributed by atoms with Crippen molar-refractivity contribution < 1.29 is 13.2 Å². The molecule has 0 radical (unpaired) electrons. The van der Waals surface area contributed by atoms with Crippen LogP contribution >= 0.6 is 0 Å². The summed E-state index contributed by atoms with van der Waals surface area (Å²) in [6.07, 6.45) is 0.783. The molecule has 0 spiro atoms. The van der Waals surface area contributed by atoms with Gasteiger partial charge in [-0.2, -0.15) is 0 Å². The number of hydrogen-bond donors (Lipinski definition) is 1. The van der Waals surface area contributed by atoms with Gasteiger partial charge in [-0.1, -0.05) is 30.7 Å². The van der Waals surface area contributed by atoms with Gasteiger partial charge in [-0.25, -0.2) is 8.42 Å². The van der Waals surface area contributed by atoms with Gasteiger partial charge in [0.2, 0.25) is 10.0 Å². The molecule has 0 heterocycles. The summed E-state index contributed by atoms with van der Waals surface area (Å²) in [5.74, 6) is -0.144. The van der Waals surface area contributed by atoms with Crippen LogP contribution < -0.4 is 9.62 Å². The molecule has 0 fully saturated rings. The molecule has 2 rings (SSSR count). The van der Waals surface area contributed by atoms with Crippen LogP contribution in [-0.2, 0) is 10.0 Å². The Morgan fingerprint density at radius 1 is 1.07 bits per heavy atom. The number of aryl methyl sites for hydroxylation is 2. The minimum Gasteiger partial charge on any atom is -0.345 e. The van der Waals surface area contributed by atoms with Crippen molar-refractivity contribution in [3.63, 3.8) is 0 Å². The first-order chi connectivity index (χ1) is 12.7. The van der Waals surface area contributed by atoms with Gasteiger partial charge in [0.05, 0.1) is 17.5 Å². The van der Waals surface area contributed by atoms with Crippen LogP contribution in [0.2, 0.25) is 0 Å². The molecular formula is C21H28N2O3S. The molecule has 0 aromatic heterocycles. The average molecular weight is 389 g/mol. The molecule has 0 saturated heterocycles. The fourth-order valence-electron chi connectivity index (χ4n) is 3.03. The summed E-state index contributed by atoms with van der Waals surface area (Å²) in [7, 11) is -1.80. The van der Waals surface area contributed by atoms with Crippen LogP contribution in [0, 0.1) is 13.8 Å². The zero-order chi connectivity index (χ0) is 20.2. The fraction of sp³-hybridized carbons (Fsp3) is 0.381. The molecule has 1 N–H and O–H groups in total. The summed E-state index contributed by atoms with van der Waals surface area (Å²) in [6, 6.07) is 12.8. The first-order valence-corrected chi connectivity index (χ1v) is 10.7. The van der Waals surface area contributed by atoms with Gasteiger partial charge in [0.25, 0.3) is 5.91 Å². The highest BCUT2D eigenvalue weighted by atomic mass is 32.2. The van der Waals surface area contributed by atoms with Gasteiger partial charge in [-0.15, -0.1) is 0 Å². The van der Waals surface area contributed by atoms with Gasteiger partial charge in [-0.05, 0) is 62.6 Å². The Bertz CT molecular complexity index is 906. The van der Waals surface area contributed by atoms with Gasteiger partial charge >= 0.3 is 0 Å². The van der Waals surface area contributed by atoms with Crippen molar-refractivity contribution in [2.24, 2.45) is 0 Å². The summed E-state index contributed by atoms with van der Waals surface area (Å²) in [6.45, 7) is 7.74. The molecule has 1 atom stereocenters. The second kappa shape index (κ2) is 8.57. The second-order valence-corrected chi connectivity index (χ2v) is 9.00. The number of rotatable bonds is 7. The maximum atomic E-state index is 12.7. The number of nitrogens with one attached hydrogen (secondary N) is 1. The summed E-state index contributed by atoms with van der Waals surface area (Å²) in [4.78, 5) is 12.7. The normalized spacial score (nSPS) is 12.5. The first kappa shape index (κ1) is 21.0. The lowest BCUT2D eigenvalue weighted by molar-refractivity contribution is 0.0935. The third-order valence-corrected chi connectivity index (χ3v) is 6.56. The lowest BCUT2D eigenvalue weighted by Crippen LogP contribution is -2.29. The fourth-order valence-corrected chi connectivity index (χ4v) is 3.87. The summed E-state index contributed by atoms with van der Waals surface area (Å²) in [5.41, 5.74) is 4.50. The Morgan fingerprint density at radius 3 is 2.22 bits per heavy atom. The van der Waals surface area contributed by atoms with Gasteiger partial charge in [0, 0.05) is 12.6 Å². The quantitative estimate of drug-likeness (QED) is 0.780. The van der Waals surface area contributed by atoms with Gasteiger partial charge in [0.1, 0.15) is 0 Å². The molecule has 1 unspecified atom stereocenters. The van der Waals surface area contributed by atoms with E-state index >= 15 is 0 Å². The van der Waals surface area contributed by atoms with E-state index in [-0.39, 0.29) is 17.7 Å². The first-order valence-electron chi connectivity index (χ1n) is 9.14. The van der Waals surface area contributed by atoms with E-state index in [0.717, 1.165) is 17.5 Å². The number of amides is 1. The predicted molar refractivity (Wildman–Crippen MR) is 111 cm³/mol. The molecule has 0 bridgehead atoms. The molecule has 27 heavy (non-hydrogen) atoms. The molecular weight excluding hydrogens is 360 g/mol. The summed E-state index contributed by atoms with van der Waals surface area (Å²) >= 11 is 0. The average Bonchev–Trinajstić information content (AvgIpc) is 2.66. The topological polar surface area (TPSA) is 66.5 Å². The third kappa shape index (κ3) is 4.89. The molecule has 0 saturated carbocycles. The highest BCUT2D eigenvalue weighted by Gasteiger charge is 2.18. The number of nitrogens with zero attached hydrogens (tertiary/aromatic N) is 1. The van der Waals surface area contributed by atoms with E-state index in [1.54, 1.807) is 31.2 Å². The Balaban J connectivity index is 2.17. The van der Waals surface area contributed by atoms with Crippen LogP contribution in [0.15, 0.2) is 42.5 Å². The van der Waals surface area contributed by atoms with Crippen LogP contribution in [0.5, 0.6) is 0 Å². The molecule has 0 aliphatic rings. The molecule has 146 valence electrons. The van der Waals surface area contributed by atoms with Crippen molar-refractivity contribution in [1.82, 2.24) is 5.32 Å². The van der Waals surface area contributed by atoms with Crippen molar-refractivity contribution in [2.75, 3.05) is 17.1 Å². The SMILES string of the molecule is CCC(NC(=O)c1ccc(N(C)S(=O)(=O)CC)cc1)c1ccc(C)cc1C. The van der Waals surface area contributed by atoms with E-state index in [0.29, 0.717) is 11.3 Å². The Morgan fingerprint density at radius 2 is 1.70 bits per heavy atom. The molecule has 5 nitrogen and oxygen atoms in total. The number of carbonyl (C=O) groups is 1. The lowest BCUT2D eigenvalue weighted by atomic mass is 9.97. The Labute approximate surface area is 162 Å². The van der Waals surface area contributed by atoms with Crippen LogP contribution in [0.25, 0.3) is 0 Å². The van der Waals surface area contributed by atoms with Gasteiger partial charge in [0.15, 0.2) is 0 Å². The maximum Gasteiger partial charge on any atom is 0.251 e. The number of sulfonamides is 1. The van der Waals surface area contributed by atoms with E-state index in [1.165, 1.54) is 16.9 Å². The van der Waals surface area contributed by atoms with Crippen LogP contribution in [0.1, 0.15) is 53.4 Å². The Kier molecular flexibility index (Phi) is 6.65. The van der Waals surface area contributed by atoms with E-state index in [9.17, 15) is 13.2 Å². The van der Waals surface area contributed by atoms with E-state index in [1.807, 2.05) is 13.8 Å². The standard InChI is InChI=1S/C21H28N2O3S/c1-6-20(19-13-8-15(3)14-16(19)4)22-21(24)17-9-11-18(12-10-17)23(5)27(25,26)7-2/h8-14,20H,6-7H2,1-5H3,(H,22,24). The van der Waals surface area contributed by atoms with Crippen molar-refractivity contribution in [3.05, 3.63) is 64.7 Å². The third-order valence-electron chi connectivity index (χ3n) is 4.79. The number of carbonyl (C=O) groups excluding carboxylic acids is 1. The van der Waals surface area contributed by atoms with Crippen molar-refractivity contribution in [2.45, 2.75) is 40.2 Å². The lowest BCUT2D eigenvalue weighted by Gasteiger charge is -2.21. The predicted octanol–water partition coefficient (Wildman–Crippen LogP) is 3.97. The monoisotopic (exact) mass is 388 g/mol. The minimum atomic E-state index is -3.32. The summed E-state index contributed by atoms with van der Waals surface area (Å²) < 4.78 is 25.2. The molecule has 0 aliphatic heterocycles. The molecule has 1 amide bonds. The highest BCUT2D eigenvalue weighted by Crippen LogP contribution is 2.23. The largest absolute Gasteiger partial charge is 0.345 e. The number of hydrogen-bond acceptors (Lipinski definition) is 3. The smallest absolute Gasteiger partial charge is 0.251 e. The molecule has 0 aliphatic carbocycles. The zero-order valence-corrected chi connectivity index (χ0v) is 17.4. The molecule has 6 heteroatoms. The van der Waals surface area contributed by atoms with Crippen molar-refractivity contribution >= 4 is 21.6 Å². The molecule has 2 aromatic carbocycles. The van der Waals surface area contributed by atoms with Gasteiger partial charge in [-0.3, -0.25) is 9.10 Å². The van der Waals surface area contributed by atoms with E-state index in [2.05, 4.69) is 30.4 Å². The van der Waals surface area contributed by atoms with Crippen LogP contribution in [-0.4, -0.2) is 27.1 Å². The van der Waals surface area contributed by atoms with Crippen LogP contribution in [0.3, 0.4) is 0 Å². The van der Waals surface area contributed by atoms with E-state index < -0.39 is 10.0 Å². The minimum absolute atomic E-state index is 0.0276. The Hall–Kier alpha value is -2.34. The number of anilines is 1. The summed E-state index contributed by atoms with van der Waals surface area (Å²) in [5, 5.41) is 3.08. The van der Waals surface area contributed by atoms with E-state index in [4.69, 9.17) is 0 Å². The van der Waals surface area contributed by atoms with Crippen molar-refractivity contribution in [3.8, 4) is 0 Å². The second-order valence-electron chi connectivity index (χ2n) is 6.71. The van der Waals surface area contributed by atoms with Gasteiger partial charge < -0.3 is 5.32 Å². The zero-order valence-electron chi connectivity index (χ0n) is 16.6. The highest BCUT2D eigenvalue weighted by molar-refractivity contribution is 7.92.